The van der Waals surface area contributed by atoms with Gasteiger partial charge >= 0.3 is 0 Å². The van der Waals surface area contributed by atoms with Crippen molar-refractivity contribution in [3.05, 3.63) is 95.3 Å². The molecule has 5 nitrogen and oxygen atoms in total. The van der Waals surface area contributed by atoms with E-state index in [4.69, 9.17) is 0 Å². The fourth-order valence-corrected chi connectivity index (χ4v) is 2.36. The number of halogens is 2. The molecule has 1 heterocycles. The normalized spacial score (nSPS) is 10.3. The Kier molecular flexibility index (Phi) is 5.51. The molecule has 2 amide bonds. The van der Waals surface area contributed by atoms with Gasteiger partial charge in [-0.3, -0.25) is 14.6 Å². The van der Waals surface area contributed by atoms with Gasteiger partial charge in [0.05, 0.1) is 0 Å². The molecule has 27 heavy (non-hydrogen) atoms. The number of aromatic nitrogens is 1. The average Bonchev–Trinajstić information content (AvgIpc) is 2.70. The van der Waals surface area contributed by atoms with E-state index >= 15 is 0 Å². The van der Waals surface area contributed by atoms with Crippen LogP contribution in [0.5, 0.6) is 0 Å². The zero-order chi connectivity index (χ0) is 19.2. The summed E-state index contributed by atoms with van der Waals surface area (Å²) in [6, 6.07) is 12.7. The Morgan fingerprint density at radius 1 is 0.852 bits per heavy atom. The smallest absolute Gasteiger partial charge is 0.255 e. The maximum absolute atomic E-state index is 13.2. The summed E-state index contributed by atoms with van der Waals surface area (Å²) >= 11 is 0. The van der Waals surface area contributed by atoms with Gasteiger partial charge in [0.25, 0.3) is 11.8 Å². The first-order valence-electron chi connectivity index (χ1n) is 8.06. The number of pyridine rings is 1. The third kappa shape index (κ3) is 4.72. The number of hydrogen-bond donors (Lipinski definition) is 2. The van der Waals surface area contributed by atoms with Gasteiger partial charge < -0.3 is 10.6 Å². The fourth-order valence-electron chi connectivity index (χ4n) is 2.36. The summed E-state index contributed by atoms with van der Waals surface area (Å²) in [5.41, 5.74) is 1.54. The molecule has 2 aromatic carbocycles. The molecular weight excluding hydrogens is 352 g/mol. The Morgan fingerprint density at radius 2 is 1.56 bits per heavy atom. The lowest BCUT2D eigenvalue weighted by atomic mass is 10.1. The largest absolute Gasteiger partial charge is 0.348 e. The number of anilines is 1. The molecule has 2 N–H and O–H groups in total. The number of hydrogen-bond acceptors (Lipinski definition) is 3. The number of carbonyl (C=O) groups is 2. The Balaban J connectivity index is 1.67. The first-order valence-corrected chi connectivity index (χ1v) is 8.06. The van der Waals surface area contributed by atoms with Gasteiger partial charge in [0.15, 0.2) is 11.6 Å². The molecule has 3 aromatic rings. The van der Waals surface area contributed by atoms with Crippen molar-refractivity contribution in [3.8, 4) is 0 Å². The summed E-state index contributed by atoms with van der Waals surface area (Å²) in [6.07, 6.45) is 3.26. The van der Waals surface area contributed by atoms with Crippen LogP contribution in [-0.4, -0.2) is 16.8 Å². The summed E-state index contributed by atoms with van der Waals surface area (Å²) in [5.74, 6) is -2.93. The summed E-state index contributed by atoms with van der Waals surface area (Å²) < 4.78 is 26.2. The number of benzene rings is 2. The predicted molar refractivity (Wildman–Crippen MR) is 96.2 cm³/mol. The molecular formula is C20H15F2N3O2. The number of nitrogens with one attached hydrogen (secondary N) is 2. The lowest BCUT2D eigenvalue weighted by Gasteiger charge is -2.08. The van der Waals surface area contributed by atoms with E-state index < -0.39 is 17.5 Å². The van der Waals surface area contributed by atoms with Gasteiger partial charge in [0, 0.05) is 41.8 Å². The molecule has 7 heteroatoms. The Morgan fingerprint density at radius 3 is 2.26 bits per heavy atom. The highest BCUT2D eigenvalue weighted by Gasteiger charge is 2.12. The van der Waals surface area contributed by atoms with Crippen molar-refractivity contribution >= 4 is 17.5 Å². The van der Waals surface area contributed by atoms with Gasteiger partial charge in [-0.25, -0.2) is 8.78 Å². The highest BCUT2D eigenvalue weighted by Crippen LogP contribution is 2.15. The van der Waals surface area contributed by atoms with Crippen LogP contribution in [0.3, 0.4) is 0 Å². The molecule has 0 aliphatic rings. The van der Waals surface area contributed by atoms with Gasteiger partial charge in [-0.2, -0.15) is 0 Å². The van der Waals surface area contributed by atoms with Crippen LogP contribution in [-0.2, 0) is 6.54 Å². The van der Waals surface area contributed by atoms with E-state index in [0.717, 1.165) is 17.7 Å². The van der Waals surface area contributed by atoms with E-state index in [0.29, 0.717) is 12.1 Å². The molecule has 0 spiro atoms. The molecule has 3 rings (SSSR count). The monoisotopic (exact) mass is 367 g/mol. The maximum atomic E-state index is 13.2. The van der Waals surface area contributed by atoms with Gasteiger partial charge in [-0.1, -0.05) is 6.07 Å². The van der Waals surface area contributed by atoms with E-state index in [1.807, 2.05) is 0 Å². The summed E-state index contributed by atoms with van der Waals surface area (Å²) in [7, 11) is 0. The van der Waals surface area contributed by atoms with Gasteiger partial charge in [0.1, 0.15) is 0 Å². The van der Waals surface area contributed by atoms with Crippen molar-refractivity contribution in [2.75, 3.05) is 5.32 Å². The Hall–Kier alpha value is -3.61. The third-order valence-electron chi connectivity index (χ3n) is 3.77. The minimum Gasteiger partial charge on any atom is -0.348 e. The summed E-state index contributed by atoms with van der Waals surface area (Å²) in [6.45, 7) is 0.326. The third-order valence-corrected chi connectivity index (χ3v) is 3.77. The van der Waals surface area contributed by atoms with Crippen LogP contribution in [0.15, 0.2) is 67.0 Å². The zero-order valence-corrected chi connectivity index (χ0v) is 14.1. The van der Waals surface area contributed by atoms with Crippen LogP contribution >= 0.6 is 0 Å². The van der Waals surface area contributed by atoms with Crippen LogP contribution < -0.4 is 10.6 Å². The first-order chi connectivity index (χ1) is 13.0. The number of rotatable bonds is 5. The topological polar surface area (TPSA) is 71.1 Å². The first kappa shape index (κ1) is 18.2. The lowest BCUT2D eigenvalue weighted by molar-refractivity contribution is 0.0951. The van der Waals surface area contributed by atoms with Gasteiger partial charge in [0.2, 0.25) is 0 Å². The van der Waals surface area contributed by atoms with Crippen LogP contribution in [0.4, 0.5) is 14.5 Å². The maximum Gasteiger partial charge on any atom is 0.255 e. The van der Waals surface area contributed by atoms with Crippen LogP contribution in [0, 0.1) is 11.6 Å². The van der Waals surface area contributed by atoms with Crippen molar-refractivity contribution in [2.24, 2.45) is 0 Å². The minimum absolute atomic E-state index is 0.117. The number of amides is 2. The number of carbonyl (C=O) groups excluding carboxylic acids is 2. The average molecular weight is 367 g/mol. The molecule has 0 radical (unpaired) electrons. The van der Waals surface area contributed by atoms with E-state index in [2.05, 4.69) is 15.6 Å². The second-order valence-corrected chi connectivity index (χ2v) is 5.70. The quantitative estimate of drug-likeness (QED) is 0.725. The van der Waals surface area contributed by atoms with Crippen LogP contribution in [0.1, 0.15) is 26.3 Å². The summed E-state index contributed by atoms with van der Waals surface area (Å²) in [4.78, 5) is 28.5. The lowest BCUT2D eigenvalue weighted by Crippen LogP contribution is -2.23. The molecule has 0 unspecified atom stereocenters. The highest BCUT2D eigenvalue weighted by atomic mass is 19.2. The molecule has 0 atom stereocenters. The molecule has 0 saturated carbocycles. The summed E-state index contributed by atoms with van der Waals surface area (Å²) in [5, 5.41) is 5.22. The van der Waals surface area contributed by atoms with Crippen molar-refractivity contribution in [1.29, 1.82) is 0 Å². The second kappa shape index (κ2) is 8.18. The predicted octanol–water partition coefficient (Wildman–Crippen LogP) is 3.54. The van der Waals surface area contributed by atoms with Gasteiger partial charge in [-0.05, 0) is 48.0 Å². The van der Waals surface area contributed by atoms with E-state index in [1.165, 1.54) is 18.2 Å². The molecule has 0 bridgehead atoms. The molecule has 1 aromatic heterocycles. The van der Waals surface area contributed by atoms with Crippen molar-refractivity contribution in [1.82, 2.24) is 10.3 Å². The van der Waals surface area contributed by atoms with Crippen molar-refractivity contribution < 1.29 is 18.4 Å². The number of nitrogens with zero attached hydrogens (tertiary/aromatic N) is 1. The van der Waals surface area contributed by atoms with Crippen LogP contribution in [0.2, 0.25) is 0 Å². The second-order valence-electron chi connectivity index (χ2n) is 5.70. The fraction of sp³-hybridized carbons (Fsp3) is 0.0500. The van der Waals surface area contributed by atoms with Crippen LogP contribution in [0.25, 0.3) is 0 Å². The van der Waals surface area contributed by atoms with E-state index in [9.17, 15) is 18.4 Å². The van der Waals surface area contributed by atoms with Crippen molar-refractivity contribution in [2.45, 2.75) is 6.54 Å². The molecule has 136 valence electrons. The zero-order valence-electron chi connectivity index (χ0n) is 14.1. The molecule has 0 saturated heterocycles. The SMILES string of the molecule is O=C(NCc1ccncc1)c1cccc(C(=O)Nc2ccc(F)c(F)c2)c1. The highest BCUT2D eigenvalue weighted by molar-refractivity contribution is 6.06. The van der Waals surface area contributed by atoms with E-state index in [-0.39, 0.29) is 17.2 Å². The molecule has 0 fully saturated rings. The van der Waals surface area contributed by atoms with E-state index in [1.54, 1.807) is 36.7 Å². The molecule has 0 aliphatic carbocycles. The van der Waals surface area contributed by atoms with Gasteiger partial charge in [-0.15, -0.1) is 0 Å². The van der Waals surface area contributed by atoms with Crippen molar-refractivity contribution in [3.63, 3.8) is 0 Å². The molecule has 0 aliphatic heterocycles. The minimum atomic E-state index is -1.06. The standard InChI is InChI=1S/C20H15F2N3O2/c21-17-5-4-16(11-18(17)22)25-20(27)15-3-1-2-14(10-15)19(26)24-12-13-6-8-23-9-7-13/h1-11H,12H2,(H,24,26)(H,25,27). The Bertz CT molecular complexity index is 978. The Labute approximate surface area is 154 Å².